The highest BCUT2D eigenvalue weighted by Gasteiger charge is 2.17. The van der Waals surface area contributed by atoms with Crippen LogP contribution in [0.2, 0.25) is 0 Å². The third-order valence-electron chi connectivity index (χ3n) is 3.43. The second-order valence-electron chi connectivity index (χ2n) is 4.68. The van der Waals surface area contributed by atoms with Crippen molar-refractivity contribution in [2.24, 2.45) is 0 Å². The van der Waals surface area contributed by atoms with E-state index in [9.17, 15) is 4.79 Å². The summed E-state index contributed by atoms with van der Waals surface area (Å²) in [5.41, 5.74) is 0.800. The van der Waals surface area contributed by atoms with Gasteiger partial charge in [-0.15, -0.1) is 5.10 Å². The quantitative estimate of drug-likeness (QED) is 0.692. The number of rotatable bonds is 4. The Morgan fingerprint density at radius 2 is 1.77 bits per heavy atom. The first-order chi connectivity index (χ1) is 10.7. The van der Waals surface area contributed by atoms with Gasteiger partial charge in [0.05, 0.1) is 20.4 Å². The number of ketones is 1. The molecule has 1 aromatic heterocycles. The molecule has 2 aromatic carbocycles. The number of methoxy groups -OCH3 is 2. The summed E-state index contributed by atoms with van der Waals surface area (Å²) in [4.78, 5) is 12.7. The minimum Gasteiger partial charge on any atom is -0.493 e. The largest absolute Gasteiger partial charge is 0.493 e. The van der Waals surface area contributed by atoms with E-state index in [4.69, 9.17) is 9.47 Å². The van der Waals surface area contributed by atoms with E-state index in [0.717, 1.165) is 10.8 Å². The van der Waals surface area contributed by atoms with Gasteiger partial charge in [0, 0.05) is 16.3 Å². The molecule has 5 nitrogen and oxygen atoms in total. The summed E-state index contributed by atoms with van der Waals surface area (Å²) in [7, 11) is 3.08. The molecule has 0 saturated heterocycles. The molecule has 0 unspecified atom stereocenters. The molecule has 3 rings (SSSR count). The first kappa shape index (κ1) is 14.0. The first-order valence-electron chi connectivity index (χ1n) is 6.71. The Morgan fingerprint density at radius 1 is 1.00 bits per heavy atom. The fourth-order valence-electron chi connectivity index (χ4n) is 2.31. The Kier molecular flexibility index (Phi) is 3.70. The molecule has 0 spiro atoms. The minimum atomic E-state index is -0.203. The molecule has 0 amide bonds. The fourth-order valence-corrected chi connectivity index (χ4v) is 2.31. The number of hydrogen-bond donors (Lipinski definition) is 0. The van der Waals surface area contributed by atoms with Crippen LogP contribution in [0.5, 0.6) is 11.5 Å². The fraction of sp³-hybridized carbons (Fsp3) is 0.118. The molecule has 0 saturated carbocycles. The Hall–Kier alpha value is -2.95. The lowest BCUT2D eigenvalue weighted by atomic mass is 10.0. The molecule has 3 aromatic rings. The van der Waals surface area contributed by atoms with Crippen molar-refractivity contribution >= 4 is 16.6 Å². The molecule has 0 aliphatic rings. The van der Waals surface area contributed by atoms with Crippen LogP contribution in [0.25, 0.3) is 10.8 Å². The van der Waals surface area contributed by atoms with Crippen LogP contribution in [-0.4, -0.2) is 30.2 Å². The highest BCUT2D eigenvalue weighted by atomic mass is 16.5. The minimum absolute atomic E-state index is 0.203. The highest BCUT2D eigenvalue weighted by molar-refractivity contribution is 6.14. The number of hydrogen-bond acceptors (Lipinski definition) is 5. The number of aromatic nitrogens is 2. The molecular formula is C17H14N2O3. The lowest BCUT2D eigenvalue weighted by Crippen LogP contribution is -2.07. The number of fused-ring (bicyclic) bond motifs is 1. The van der Waals surface area contributed by atoms with E-state index in [1.54, 1.807) is 31.5 Å². The van der Waals surface area contributed by atoms with Crippen LogP contribution in [0, 0.1) is 0 Å². The van der Waals surface area contributed by atoms with E-state index in [2.05, 4.69) is 10.2 Å². The van der Waals surface area contributed by atoms with Gasteiger partial charge in [-0.1, -0.05) is 24.3 Å². The molecule has 0 fully saturated rings. The van der Waals surface area contributed by atoms with Crippen molar-refractivity contribution in [3.05, 3.63) is 59.9 Å². The summed E-state index contributed by atoms with van der Waals surface area (Å²) >= 11 is 0. The van der Waals surface area contributed by atoms with Crippen molar-refractivity contribution in [3.63, 3.8) is 0 Å². The van der Waals surface area contributed by atoms with E-state index in [1.807, 2.05) is 24.3 Å². The van der Waals surface area contributed by atoms with Crippen LogP contribution in [0.4, 0.5) is 0 Å². The average Bonchev–Trinajstić information content (AvgIpc) is 2.60. The molecular weight excluding hydrogens is 280 g/mol. The summed E-state index contributed by atoms with van der Waals surface area (Å²) in [6.07, 6.45) is 1.64. The van der Waals surface area contributed by atoms with Crippen LogP contribution in [-0.2, 0) is 0 Å². The third kappa shape index (κ3) is 2.37. The molecule has 1 heterocycles. The second kappa shape index (κ2) is 5.81. The van der Waals surface area contributed by atoms with Gasteiger partial charge < -0.3 is 9.47 Å². The zero-order valence-electron chi connectivity index (χ0n) is 12.2. The van der Waals surface area contributed by atoms with Gasteiger partial charge in [0.2, 0.25) is 5.78 Å². The van der Waals surface area contributed by atoms with Crippen molar-refractivity contribution in [2.75, 3.05) is 14.2 Å². The predicted octanol–water partition coefficient (Wildman–Crippen LogP) is 2.88. The van der Waals surface area contributed by atoms with Crippen LogP contribution in [0.3, 0.4) is 0 Å². The molecule has 0 N–H and O–H groups in total. The molecule has 110 valence electrons. The van der Waals surface area contributed by atoms with E-state index < -0.39 is 0 Å². The van der Waals surface area contributed by atoms with Gasteiger partial charge in [-0.2, -0.15) is 5.10 Å². The zero-order chi connectivity index (χ0) is 15.5. The molecule has 0 aliphatic heterocycles. The summed E-state index contributed by atoms with van der Waals surface area (Å²) in [6.45, 7) is 0. The maximum Gasteiger partial charge on any atom is 0.214 e. The maximum atomic E-state index is 12.7. The van der Waals surface area contributed by atoms with Crippen LogP contribution >= 0.6 is 0 Å². The van der Waals surface area contributed by atoms with Gasteiger partial charge in [-0.25, -0.2) is 0 Å². The van der Waals surface area contributed by atoms with Gasteiger partial charge in [-0.3, -0.25) is 4.79 Å². The summed E-state index contributed by atoms with van der Waals surface area (Å²) in [5, 5.41) is 9.57. The van der Waals surface area contributed by atoms with Gasteiger partial charge in [-0.05, 0) is 18.2 Å². The predicted molar refractivity (Wildman–Crippen MR) is 82.5 cm³/mol. The van der Waals surface area contributed by atoms with Crippen molar-refractivity contribution in [2.45, 2.75) is 0 Å². The standard InChI is InChI=1S/C17H14N2O3/c1-21-14-8-7-11(9-15(14)22-2)17(20)16-13-6-4-3-5-12(13)10-18-19-16/h3-10H,1-2H3. The summed E-state index contributed by atoms with van der Waals surface area (Å²) in [6, 6.07) is 12.6. The monoisotopic (exact) mass is 294 g/mol. The van der Waals surface area contributed by atoms with Gasteiger partial charge in [0.25, 0.3) is 0 Å². The normalized spacial score (nSPS) is 10.5. The molecule has 0 radical (unpaired) electrons. The number of ether oxygens (including phenoxy) is 2. The molecule has 0 atom stereocenters. The first-order valence-corrected chi connectivity index (χ1v) is 6.71. The van der Waals surface area contributed by atoms with Gasteiger partial charge in [0.15, 0.2) is 11.5 Å². The van der Waals surface area contributed by atoms with Crippen molar-refractivity contribution < 1.29 is 14.3 Å². The van der Waals surface area contributed by atoms with Crippen molar-refractivity contribution in [1.29, 1.82) is 0 Å². The Labute approximate surface area is 127 Å². The topological polar surface area (TPSA) is 61.3 Å². The smallest absolute Gasteiger partial charge is 0.214 e. The number of carbonyl (C=O) groups excluding carboxylic acids is 1. The van der Waals surface area contributed by atoms with Crippen molar-refractivity contribution in [1.82, 2.24) is 10.2 Å². The van der Waals surface area contributed by atoms with E-state index >= 15 is 0 Å². The Bertz CT molecular complexity index is 841. The summed E-state index contributed by atoms with van der Waals surface area (Å²) < 4.78 is 10.4. The van der Waals surface area contributed by atoms with Crippen molar-refractivity contribution in [3.8, 4) is 11.5 Å². The van der Waals surface area contributed by atoms with Crippen LogP contribution < -0.4 is 9.47 Å². The van der Waals surface area contributed by atoms with E-state index in [-0.39, 0.29) is 5.78 Å². The van der Waals surface area contributed by atoms with Gasteiger partial charge in [0.1, 0.15) is 5.69 Å². The lowest BCUT2D eigenvalue weighted by molar-refractivity contribution is 0.103. The lowest BCUT2D eigenvalue weighted by Gasteiger charge is -2.09. The zero-order valence-corrected chi connectivity index (χ0v) is 12.2. The molecule has 22 heavy (non-hydrogen) atoms. The highest BCUT2D eigenvalue weighted by Crippen LogP contribution is 2.29. The second-order valence-corrected chi connectivity index (χ2v) is 4.68. The van der Waals surface area contributed by atoms with E-state index in [0.29, 0.717) is 22.8 Å². The van der Waals surface area contributed by atoms with E-state index in [1.165, 1.54) is 7.11 Å². The van der Waals surface area contributed by atoms with Crippen LogP contribution in [0.15, 0.2) is 48.7 Å². The Morgan fingerprint density at radius 3 is 2.55 bits per heavy atom. The maximum absolute atomic E-state index is 12.7. The van der Waals surface area contributed by atoms with Gasteiger partial charge >= 0.3 is 0 Å². The molecule has 5 heteroatoms. The summed E-state index contributed by atoms with van der Waals surface area (Å²) in [5.74, 6) is 0.870. The Balaban J connectivity index is 2.10. The number of nitrogens with zero attached hydrogens (tertiary/aromatic N) is 2. The SMILES string of the molecule is COc1ccc(C(=O)c2nncc3ccccc23)cc1OC. The number of carbonyl (C=O) groups is 1. The third-order valence-corrected chi connectivity index (χ3v) is 3.43. The average molecular weight is 294 g/mol. The number of benzene rings is 2. The molecule has 0 aliphatic carbocycles. The molecule has 0 bridgehead atoms. The van der Waals surface area contributed by atoms with Crippen LogP contribution in [0.1, 0.15) is 16.1 Å².